The van der Waals surface area contributed by atoms with Crippen LogP contribution in [0, 0.1) is 0 Å². The lowest BCUT2D eigenvalue weighted by Gasteiger charge is -2.29. The Morgan fingerprint density at radius 2 is 2.17 bits per heavy atom. The number of nitrogens with zero attached hydrogens (tertiary/aromatic N) is 2. The van der Waals surface area contributed by atoms with E-state index >= 15 is 0 Å². The summed E-state index contributed by atoms with van der Waals surface area (Å²) < 4.78 is 0. The second-order valence-electron chi connectivity index (χ2n) is 3.73. The number of piperidine rings is 1. The molecule has 0 aromatic carbocycles. The highest BCUT2D eigenvalue weighted by Gasteiger charge is 2.22. The van der Waals surface area contributed by atoms with Gasteiger partial charge in [-0.1, -0.05) is 0 Å². The summed E-state index contributed by atoms with van der Waals surface area (Å²) in [5.74, 6) is 0. The molecule has 0 radical (unpaired) electrons. The van der Waals surface area contributed by atoms with Crippen LogP contribution in [-0.2, 0) is 0 Å². The third kappa shape index (κ3) is 1.61. The van der Waals surface area contributed by atoms with Gasteiger partial charge in [0.05, 0.1) is 0 Å². The zero-order valence-electron chi connectivity index (χ0n) is 7.71. The van der Waals surface area contributed by atoms with Gasteiger partial charge in [-0.25, -0.2) is 0 Å². The van der Waals surface area contributed by atoms with Crippen molar-refractivity contribution in [3.05, 3.63) is 0 Å². The topological polar surface area (TPSA) is 27.6 Å². The van der Waals surface area contributed by atoms with Crippen molar-refractivity contribution in [1.82, 2.24) is 10.3 Å². The Hall–Kier alpha value is -0.570. The minimum atomic E-state index is 0.712. The Bertz CT molecular complexity index is 182. The van der Waals surface area contributed by atoms with Gasteiger partial charge in [0.2, 0.25) is 0 Å². The lowest BCUT2D eigenvalue weighted by atomic mass is 10.1. The number of nitrogens with one attached hydrogen (secondary N) is 1. The lowest BCUT2D eigenvalue weighted by molar-refractivity contribution is 0.185. The smallest absolute Gasteiger partial charge is 0.0495 e. The highest BCUT2D eigenvalue weighted by atomic mass is 15.5. The Morgan fingerprint density at radius 1 is 1.42 bits per heavy atom. The van der Waals surface area contributed by atoms with E-state index in [0.29, 0.717) is 6.04 Å². The molecule has 0 unspecified atom stereocenters. The van der Waals surface area contributed by atoms with Crippen molar-refractivity contribution in [2.45, 2.75) is 32.2 Å². The molecular formula is C9H17N3. The van der Waals surface area contributed by atoms with Crippen molar-refractivity contribution in [1.29, 1.82) is 0 Å². The SMILES string of the molecule is CC1=NN(C2CCNCC2)CC1. The van der Waals surface area contributed by atoms with Crippen LogP contribution in [0.15, 0.2) is 5.10 Å². The normalized spacial score (nSPS) is 26.1. The summed E-state index contributed by atoms with van der Waals surface area (Å²) in [5, 5.41) is 10.2. The summed E-state index contributed by atoms with van der Waals surface area (Å²) >= 11 is 0. The van der Waals surface area contributed by atoms with Crippen LogP contribution < -0.4 is 5.32 Å². The van der Waals surface area contributed by atoms with Gasteiger partial charge >= 0.3 is 0 Å². The van der Waals surface area contributed by atoms with Crippen LogP contribution >= 0.6 is 0 Å². The average molecular weight is 167 g/mol. The van der Waals surface area contributed by atoms with Crippen molar-refractivity contribution < 1.29 is 0 Å². The molecule has 1 saturated heterocycles. The summed E-state index contributed by atoms with van der Waals surface area (Å²) in [6.45, 7) is 5.60. The maximum atomic E-state index is 4.53. The summed E-state index contributed by atoms with van der Waals surface area (Å²) in [4.78, 5) is 0. The Kier molecular flexibility index (Phi) is 2.30. The molecule has 0 spiro atoms. The van der Waals surface area contributed by atoms with Crippen molar-refractivity contribution in [2.24, 2.45) is 5.10 Å². The molecule has 3 nitrogen and oxygen atoms in total. The first-order chi connectivity index (χ1) is 5.86. The lowest BCUT2D eigenvalue weighted by Crippen LogP contribution is -2.39. The number of hydrogen-bond donors (Lipinski definition) is 1. The van der Waals surface area contributed by atoms with Gasteiger partial charge in [-0.05, 0) is 32.9 Å². The van der Waals surface area contributed by atoms with Crippen LogP contribution in [-0.4, -0.2) is 36.4 Å². The highest BCUT2D eigenvalue weighted by molar-refractivity contribution is 5.83. The molecule has 0 amide bonds. The van der Waals surface area contributed by atoms with Gasteiger partial charge < -0.3 is 5.32 Å². The van der Waals surface area contributed by atoms with Gasteiger partial charge in [0.15, 0.2) is 0 Å². The quantitative estimate of drug-likeness (QED) is 0.626. The summed E-state index contributed by atoms with van der Waals surface area (Å²) in [6.07, 6.45) is 3.69. The zero-order valence-corrected chi connectivity index (χ0v) is 7.71. The minimum absolute atomic E-state index is 0.712. The molecule has 0 aromatic heterocycles. The molecule has 2 aliphatic rings. The van der Waals surface area contributed by atoms with Crippen molar-refractivity contribution >= 4 is 5.71 Å². The van der Waals surface area contributed by atoms with E-state index in [4.69, 9.17) is 0 Å². The first-order valence-corrected chi connectivity index (χ1v) is 4.88. The van der Waals surface area contributed by atoms with Crippen LogP contribution in [0.4, 0.5) is 0 Å². The third-order valence-corrected chi connectivity index (χ3v) is 2.73. The number of hydrazone groups is 1. The molecule has 1 N–H and O–H groups in total. The molecular weight excluding hydrogens is 150 g/mol. The zero-order chi connectivity index (χ0) is 8.39. The molecule has 0 bridgehead atoms. The molecule has 12 heavy (non-hydrogen) atoms. The van der Waals surface area contributed by atoms with Crippen molar-refractivity contribution in [2.75, 3.05) is 19.6 Å². The third-order valence-electron chi connectivity index (χ3n) is 2.73. The fraction of sp³-hybridized carbons (Fsp3) is 0.889. The van der Waals surface area contributed by atoms with E-state index in [1.807, 2.05) is 0 Å². The minimum Gasteiger partial charge on any atom is -0.317 e. The van der Waals surface area contributed by atoms with Crippen molar-refractivity contribution in [3.63, 3.8) is 0 Å². The maximum Gasteiger partial charge on any atom is 0.0495 e. The van der Waals surface area contributed by atoms with E-state index < -0.39 is 0 Å². The molecule has 0 saturated carbocycles. The standard InChI is InChI=1S/C9H17N3/c1-8-4-7-12(11-8)9-2-5-10-6-3-9/h9-10H,2-7H2,1H3. The molecule has 2 heterocycles. The average Bonchev–Trinajstić information content (AvgIpc) is 2.54. The number of rotatable bonds is 1. The maximum absolute atomic E-state index is 4.53. The fourth-order valence-electron chi connectivity index (χ4n) is 1.96. The van der Waals surface area contributed by atoms with Gasteiger partial charge in [-0.3, -0.25) is 5.01 Å². The summed E-state index contributed by atoms with van der Waals surface area (Å²) in [5.41, 5.74) is 1.30. The first kappa shape index (κ1) is 8.05. The molecule has 0 aliphatic carbocycles. The van der Waals surface area contributed by atoms with Crippen LogP contribution in [0.3, 0.4) is 0 Å². The van der Waals surface area contributed by atoms with Crippen LogP contribution in [0.2, 0.25) is 0 Å². The molecule has 68 valence electrons. The van der Waals surface area contributed by atoms with E-state index in [2.05, 4.69) is 22.4 Å². The first-order valence-electron chi connectivity index (χ1n) is 4.88. The van der Waals surface area contributed by atoms with Crippen LogP contribution in [0.1, 0.15) is 26.2 Å². The fourth-order valence-corrected chi connectivity index (χ4v) is 1.96. The molecule has 2 aliphatic heterocycles. The van der Waals surface area contributed by atoms with Crippen LogP contribution in [0.5, 0.6) is 0 Å². The van der Waals surface area contributed by atoms with Gasteiger partial charge in [0.1, 0.15) is 0 Å². The molecule has 2 rings (SSSR count). The van der Waals surface area contributed by atoms with Crippen LogP contribution in [0.25, 0.3) is 0 Å². The van der Waals surface area contributed by atoms with Gasteiger partial charge in [0.25, 0.3) is 0 Å². The van der Waals surface area contributed by atoms with Gasteiger partial charge in [-0.2, -0.15) is 5.10 Å². The Balaban J connectivity index is 1.91. The van der Waals surface area contributed by atoms with Gasteiger partial charge in [-0.15, -0.1) is 0 Å². The molecule has 1 fully saturated rings. The Labute approximate surface area is 73.8 Å². The molecule has 3 heteroatoms. The van der Waals surface area contributed by atoms with E-state index in [9.17, 15) is 0 Å². The molecule has 0 atom stereocenters. The van der Waals surface area contributed by atoms with E-state index in [1.165, 1.54) is 25.0 Å². The molecule has 0 aromatic rings. The van der Waals surface area contributed by atoms with E-state index in [0.717, 1.165) is 19.6 Å². The summed E-state index contributed by atoms with van der Waals surface area (Å²) in [6, 6.07) is 0.712. The summed E-state index contributed by atoms with van der Waals surface area (Å²) in [7, 11) is 0. The largest absolute Gasteiger partial charge is 0.317 e. The second kappa shape index (κ2) is 3.44. The predicted octanol–water partition coefficient (Wildman–Crippen LogP) is 0.820. The van der Waals surface area contributed by atoms with Gasteiger partial charge in [0, 0.05) is 24.7 Å². The highest BCUT2D eigenvalue weighted by Crippen LogP contribution is 2.16. The predicted molar refractivity (Wildman–Crippen MR) is 50.3 cm³/mol. The van der Waals surface area contributed by atoms with Crippen molar-refractivity contribution in [3.8, 4) is 0 Å². The Morgan fingerprint density at radius 3 is 2.75 bits per heavy atom. The van der Waals surface area contributed by atoms with E-state index in [1.54, 1.807) is 0 Å². The number of hydrogen-bond acceptors (Lipinski definition) is 3. The monoisotopic (exact) mass is 167 g/mol. The van der Waals surface area contributed by atoms with E-state index in [-0.39, 0.29) is 0 Å². The second-order valence-corrected chi connectivity index (χ2v) is 3.73.